The van der Waals surface area contributed by atoms with Crippen LogP contribution in [0.1, 0.15) is 24.2 Å². The molecule has 0 aromatic carbocycles. The van der Waals surface area contributed by atoms with E-state index in [0.717, 1.165) is 12.3 Å². The number of pyridine rings is 1. The second kappa shape index (κ2) is 7.04. The molecule has 0 bridgehead atoms. The highest BCUT2D eigenvalue weighted by Crippen LogP contribution is 2.14. The SMILES string of the molecule is COCCN(CC(C)C)C(=O)c1cc(F)cnc1N. The highest BCUT2D eigenvalue weighted by molar-refractivity contribution is 5.98. The maximum Gasteiger partial charge on any atom is 0.257 e. The fraction of sp³-hybridized carbons (Fsp3) is 0.538. The van der Waals surface area contributed by atoms with E-state index in [1.54, 1.807) is 12.0 Å². The predicted octanol–water partition coefficient (Wildman–Crippen LogP) is 1.55. The van der Waals surface area contributed by atoms with Crippen LogP contribution in [0.4, 0.5) is 10.2 Å². The van der Waals surface area contributed by atoms with Crippen LogP contribution in [0.15, 0.2) is 12.3 Å². The van der Waals surface area contributed by atoms with Crippen molar-refractivity contribution in [2.75, 3.05) is 32.5 Å². The molecule has 0 fully saturated rings. The summed E-state index contributed by atoms with van der Waals surface area (Å²) in [7, 11) is 1.57. The van der Waals surface area contributed by atoms with Crippen molar-refractivity contribution in [3.8, 4) is 0 Å². The second-order valence-corrected chi connectivity index (χ2v) is 4.72. The van der Waals surface area contributed by atoms with Gasteiger partial charge < -0.3 is 15.4 Å². The molecular formula is C13H20FN3O2. The van der Waals surface area contributed by atoms with Gasteiger partial charge in [0.2, 0.25) is 0 Å². The molecule has 106 valence electrons. The Hall–Kier alpha value is -1.69. The molecule has 1 aromatic rings. The Labute approximate surface area is 112 Å². The smallest absolute Gasteiger partial charge is 0.257 e. The van der Waals surface area contributed by atoms with Gasteiger partial charge in [-0.05, 0) is 12.0 Å². The van der Waals surface area contributed by atoms with Crippen molar-refractivity contribution in [3.05, 3.63) is 23.6 Å². The fourth-order valence-corrected chi connectivity index (χ4v) is 1.71. The van der Waals surface area contributed by atoms with E-state index < -0.39 is 5.82 Å². The van der Waals surface area contributed by atoms with Crippen LogP contribution in [0.2, 0.25) is 0 Å². The van der Waals surface area contributed by atoms with E-state index in [-0.39, 0.29) is 17.3 Å². The number of anilines is 1. The Kier molecular flexibility index (Phi) is 5.69. The molecule has 0 saturated carbocycles. The summed E-state index contributed by atoms with van der Waals surface area (Å²) in [5.41, 5.74) is 5.73. The number of carbonyl (C=O) groups excluding carboxylic acids is 1. The lowest BCUT2D eigenvalue weighted by Gasteiger charge is -2.24. The number of aromatic nitrogens is 1. The second-order valence-electron chi connectivity index (χ2n) is 4.72. The third-order valence-corrected chi connectivity index (χ3v) is 2.55. The van der Waals surface area contributed by atoms with Gasteiger partial charge in [-0.2, -0.15) is 0 Å². The first-order chi connectivity index (χ1) is 8.95. The molecule has 0 unspecified atom stereocenters. The zero-order valence-electron chi connectivity index (χ0n) is 11.5. The maximum atomic E-state index is 13.2. The lowest BCUT2D eigenvalue weighted by Crippen LogP contribution is -2.37. The number of amides is 1. The van der Waals surface area contributed by atoms with Crippen LogP contribution >= 0.6 is 0 Å². The summed E-state index contributed by atoms with van der Waals surface area (Å²) < 4.78 is 18.2. The first-order valence-corrected chi connectivity index (χ1v) is 6.15. The predicted molar refractivity (Wildman–Crippen MR) is 71.2 cm³/mol. The van der Waals surface area contributed by atoms with Gasteiger partial charge in [-0.1, -0.05) is 13.8 Å². The van der Waals surface area contributed by atoms with Gasteiger partial charge in [0, 0.05) is 20.2 Å². The molecule has 5 nitrogen and oxygen atoms in total. The van der Waals surface area contributed by atoms with Crippen LogP contribution in [0.5, 0.6) is 0 Å². The van der Waals surface area contributed by atoms with Gasteiger partial charge in [-0.25, -0.2) is 9.37 Å². The zero-order chi connectivity index (χ0) is 14.4. The minimum atomic E-state index is -0.575. The lowest BCUT2D eigenvalue weighted by atomic mass is 10.1. The fourth-order valence-electron chi connectivity index (χ4n) is 1.71. The molecule has 1 aromatic heterocycles. The van der Waals surface area contributed by atoms with Gasteiger partial charge in [0.15, 0.2) is 0 Å². The first-order valence-electron chi connectivity index (χ1n) is 6.15. The van der Waals surface area contributed by atoms with E-state index in [1.807, 2.05) is 13.8 Å². The Bertz CT molecular complexity index is 438. The largest absolute Gasteiger partial charge is 0.383 e. The van der Waals surface area contributed by atoms with E-state index >= 15 is 0 Å². The molecule has 1 amide bonds. The quantitative estimate of drug-likeness (QED) is 0.850. The van der Waals surface area contributed by atoms with Crippen molar-refractivity contribution in [1.82, 2.24) is 9.88 Å². The highest BCUT2D eigenvalue weighted by atomic mass is 19.1. The average Bonchev–Trinajstić information content (AvgIpc) is 2.36. The lowest BCUT2D eigenvalue weighted by molar-refractivity contribution is 0.0672. The summed E-state index contributed by atoms with van der Waals surface area (Å²) in [5, 5.41) is 0. The molecule has 0 saturated heterocycles. The number of rotatable bonds is 6. The number of hydrogen-bond donors (Lipinski definition) is 1. The number of nitrogen functional groups attached to an aromatic ring is 1. The van der Waals surface area contributed by atoms with Crippen LogP contribution in [0.3, 0.4) is 0 Å². The summed E-state index contributed by atoms with van der Waals surface area (Å²) in [6.07, 6.45) is 0.994. The third kappa shape index (κ3) is 4.48. The van der Waals surface area contributed by atoms with Gasteiger partial charge in [0.25, 0.3) is 5.91 Å². The summed E-state index contributed by atoms with van der Waals surface area (Å²) in [4.78, 5) is 17.6. The van der Waals surface area contributed by atoms with Crippen LogP contribution in [0.25, 0.3) is 0 Å². The maximum absolute atomic E-state index is 13.2. The topological polar surface area (TPSA) is 68.5 Å². The summed E-state index contributed by atoms with van der Waals surface area (Å²) in [6.45, 7) is 5.41. The standard InChI is InChI=1S/C13H20FN3O2/c1-9(2)8-17(4-5-19-3)13(18)11-6-10(14)7-16-12(11)15/h6-7,9H,4-5,8H2,1-3H3,(H2,15,16). The minimum absolute atomic E-state index is 0.0394. The van der Waals surface area contributed by atoms with Gasteiger partial charge in [0.1, 0.15) is 11.6 Å². The van der Waals surface area contributed by atoms with E-state index in [0.29, 0.717) is 25.6 Å². The number of carbonyl (C=O) groups is 1. The highest BCUT2D eigenvalue weighted by Gasteiger charge is 2.20. The van der Waals surface area contributed by atoms with Crippen molar-refractivity contribution in [3.63, 3.8) is 0 Å². The summed E-state index contributed by atoms with van der Waals surface area (Å²) >= 11 is 0. The minimum Gasteiger partial charge on any atom is -0.383 e. The molecule has 0 aliphatic rings. The van der Waals surface area contributed by atoms with Crippen LogP contribution in [-0.2, 0) is 4.74 Å². The molecule has 19 heavy (non-hydrogen) atoms. The average molecular weight is 269 g/mol. The number of nitrogens with two attached hydrogens (primary N) is 1. The van der Waals surface area contributed by atoms with Gasteiger partial charge >= 0.3 is 0 Å². The number of halogens is 1. The van der Waals surface area contributed by atoms with Crippen LogP contribution < -0.4 is 5.73 Å². The molecular weight excluding hydrogens is 249 g/mol. The van der Waals surface area contributed by atoms with Gasteiger partial charge in [0.05, 0.1) is 18.4 Å². The van der Waals surface area contributed by atoms with Crippen molar-refractivity contribution >= 4 is 11.7 Å². The number of ether oxygens (including phenoxy) is 1. The molecule has 1 heterocycles. The van der Waals surface area contributed by atoms with Crippen molar-refractivity contribution < 1.29 is 13.9 Å². The Morgan fingerprint density at radius 3 is 2.84 bits per heavy atom. The number of hydrogen-bond acceptors (Lipinski definition) is 4. The molecule has 0 aliphatic carbocycles. The van der Waals surface area contributed by atoms with E-state index in [4.69, 9.17) is 10.5 Å². The van der Waals surface area contributed by atoms with Gasteiger partial charge in [-0.15, -0.1) is 0 Å². The number of nitrogens with zero attached hydrogens (tertiary/aromatic N) is 2. The van der Waals surface area contributed by atoms with E-state index in [9.17, 15) is 9.18 Å². The van der Waals surface area contributed by atoms with Crippen molar-refractivity contribution in [2.45, 2.75) is 13.8 Å². The van der Waals surface area contributed by atoms with Gasteiger partial charge in [-0.3, -0.25) is 4.79 Å². The third-order valence-electron chi connectivity index (χ3n) is 2.55. The molecule has 0 spiro atoms. The van der Waals surface area contributed by atoms with Crippen LogP contribution in [-0.4, -0.2) is 42.6 Å². The van der Waals surface area contributed by atoms with Crippen molar-refractivity contribution in [2.24, 2.45) is 5.92 Å². The van der Waals surface area contributed by atoms with E-state index in [1.165, 1.54) is 0 Å². The molecule has 1 rings (SSSR count). The Morgan fingerprint density at radius 2 is 2.26 bits per heavy atom. The zero-order valence-corrected chi connectivity index (χ0v) is 11.5. The van der Waals surface area contributed by atoms with E-state index in [2.05, 4.69) is 4.98 Å². The molecule has 0 aliphatic heterocycles. The Morgan fingerprint density at radius 1 is 1.58 bits per heavy atom. The Balaban J connectivity index is 2.93. The number of methoxy groups -OCH3 is 1. The summed E-state index contributed by atoms with van der Waals surface area (Å²) in [5.74, 6) is -0.565. The van der Waals surface area contributed by atoms with Crippen LogP contribution in [0, 0.1) is 11.7 Å². The monoisotopic (exact) mass is 269 g/mol. The molecule has 6 heteroatoms. The van der Waals surface area contributed by atoms with Crippen molar-refractivity contribution in [1.29, 1.82) is 0 Å². The molecule has 0 radical (unpaired) electrons. The molecule has 2 N–H and O–H groups in total. The first kappa shape index (κ1) is 15.4. The normalized spacial score (nSPS) is 10.8. The summed E-state index contributed by atoms with van der Waals surface area (Å²) in [6, 6.07) is 1.12. The molecule has 0 atom stereocenters.